The molecule has 0 bridgehead atoms. The molecule has 6 nitrogen and oxygen atoms in total. The molecule has 0 atom stereocenters. The number of nitrogens with one attached hydrogen (secondary N) is 1. The molecule has 7 heteroatoms. The van der Waals surface area contributed by atoms with E-state index in [2.05, 4.69) is 16.9 Å². The Morgan fingerprint density at radius 2 is 2.08 bits per heavy atom. The number of imidazole rings is 1. The van der Waals surface area contributed by atoms with Crippen molar-refractivity contribution in [2.24, 2.45) is 0 Å². The zero-order chi connectivity index (χ0) is 9.61. The molecule has 0 aliphatic rings. The molecule has 0 fully saturated rings. The van der Waals surface area contributed by atoms with E-state index in [1.807, 2.05) is 6.20 Å². The lowest BCUT2D eigenvalue weighted by atomic mass is 10.4. The van der Waals surface area contributed by atoms with E-state index in [0.717, 1.165) is 6.42 Å². The third-order valence-corrected chi connectivity index (χ3v) is 0.936. The highest BCUT2D eigenvalue weighted by atomic mass is 31.2. The maximum atomic E-state index is 8.88. The van der Waals surface area contributed by atoms with Crippen LogP contribution < -0.4 is 0 Å². The number of aromatic amines is 1. The summed E-state index contributed by atoms with van der Waals surface area (Å²) in [6, 6.07) is 0. The van der Waals surface area contributed by atoms with Crippen molar-refractivity contribution in [2.75, 3.05) is 0 Å². The van der Waals surface area contributed by atoms with Crippen molar-refractivity contribution in [2.45, 2.75) is 13.3 Å². The molecule has 1 rings (SSSR count). The Kier molecular flexibility index (Phi) is 4.77. The molecule has 1 aromatic rings. The molecule has 0 radical (unpaired) electrons. The van der Waals surface area contributed by atoms with E-state index in [-0.39, 0.29) is 0 Å². The van der Waals surface area contributed by atoms with Gasteiger partial charge in [0.2, 0.25) is 0 Å². The Morgan fingerprint density at radius 3 is 2.25 bits per heavy atom. The Hall–Kier alpha value is -0.680. The Labute approximate surface area is 69.5 Å². The van der Waals surface area contributed by atoms with Gasteiger partial charge in [0.25, 0.3) is 0 Å². The summed E-state index contributed by atoms with van der Waals surface area (Å²) in [7, 11) is -4.64. The summed E-state index contributed by atoms with van der Waals surface area (Å²) in [4.78, 5) is 28.4. The molecule has 1 aromatic heterocycles. The molecule has 12 heavy (non-hydrogen) atoms. The second-order valence-corrected chi connectivity index (χ2v) is 2.97. The largest absolute Gasteiger partial charge is 0.466 e. The molecule has 1 heterocycles. The van der Waals surface area contributed by atoms with Crippen molar-refractivity contribution in [3.63, 3.8) is 0 Å². The van der Waals surface area contributed by atoms with Crippen LogP contribution in [0.15, 0.2) is 12.5 Å². The molecule has 4 N–H and O–H groups in total. The molecule has 70 valence electrons. The number of nitrogens with zero attached hydrogens (tertiary/aromatic N) is 1. The molecular formula is C5H11N2O4P. The van der Waals surface area contributed by atoms with Gasteiger partial charge in [-0.25, -0.2) is 9.55 Å². The van der Waals surface area contributed by atoms with Crippen molar-refractivity contribution in [3.8, 4) is 0 Å². The van der Waals surface area contributed by atoms with Crippen molar-refractivity contribution in [1.29, 1.82) is 0 Å². The number of hydrogen-bond acceptors (Lipinski definition) is 2. The maximum Gasteiger partial charge on any atom is 0.466 e. The first-order valence-corrected chi connectivity index (χ1v) is 4.75. The SMILES string of the molecule is CCc1cnc[nH]1.O=P(O)(O)O. The van der Waals surface area contributed by atoms with Crippen molar-refractivity contribution < 1.29 is 19.2 Å². The lowest BCUT2D eigenvalue weighted by molar-refractivity contribution is 0.275. The van der Waals surface area contributed by atoms with Crippen LogP contribution >= 0.6 is 7.82 Å². The number of aromatic nitrogens is 2. The van der Waals surface area contributed by atoms with E-state index in [0.29, 0.717) is 0 Å². The summed E-state index contributed by atoms with van der Waals surface area (Å²) in [5.41, 5.74) is 1.19. The van der Waals surface area contributed by atoms with Crippen LogP contribution in [-0.2, 0) is 11.0 Å². The van der Waals surface area contributed by atoms with Crippen LogP contribution in [0.2, 0.25) is 0 Å². The Morgan fingerprint density at radius 1 is 1.58 bits per heavy atom. The summed E-state index contributed by atoms with van der Waals surface area (Å²) >= 11 is 0. The molecule has 0 aliphatic heterocycles. The minimum Gasteiger partial charge on any atom is -0.349 e. The predicted octanol–water partition coefficient (Wildman–Crippen LogP) is 0.0435. The molecule has 0 aromatic carbocycles. The highest BCUT2D eigenvalue weighted by Gasteiger charge is 2.00. The average molecular weight is 194 g/mol. The fourth-order valence-corrected chi connectivity index (χ4v) is 0.478. The van der Waals surface area contributed by atoms with Crippen LogP contribution in [0, 0.1) is 0 Å². The molecular weight excluding hydrogens is 183 g/mol. The van der Waals surface area contributed by atoms with Gasteiger partial charge in [-0.05, 0) is 6.42 Å². The first-order valence-electron chi connectivity index (χ1n) is 3.19. The third-order valence-electron chi connectivity index (χ3n) is 0.936. The van der Waals surface area contributed by atoms with Gasteiger partial charge in [0.15, 0.2) is 0 Å². The average Bonchev–Trinajstić information content (AvgIpc) is 2.33. The van der Waals surface area contributed by atoms with Gasteiger partial charge in [0.05, 0.1) is 6.33 Å². The Balaban J connectivity index is 0.000000217. The van der Waals surface area contributed by atoms with E-state index < -0.39 is 7.82 Å². The highest BCUT2D eigenvalue weighted by molar-refractivity contribution is 7.45. The summed E-state index contributed by atoms with van der Waals surface area (Å²) in [6.07, 6.45) is 4.57. The minimum atomic E-state index is -4.64. The van der Waals surface area contributed by atoms with Crippen molar-refractivity contribution in [1.82, 2.24) is 9.97 Å². The number of rotatable bonds is 1. The molecule has 0 saturated carbocycles. The minimum absolute atomic E-state index is 1.04. The van der Waals surface area contributed by atoms with E-state index in [1.54, 1.807) is 6.33 Å². The normalized spacial score (nSPS) is 10.3. The zero-order valence-electron chi connectivity index (χ0n) is 6.51. The van der Waals surface area contributed by atoms with Crippen molar-refractivity contribution in [3.05, 3.63) is 18.2 Å². The maximum absolute atomic E-state index is 8.88. The Bertz CT molecular complexity index is 234. The van der Waals surface area contributed by atoms with Crippen LogP contribution in [0.5, 0.6) is 0 Å². The fraction of sp³-hybridized carbons (Fsp3) is 0.400. The predicted molar refractivity (Wildman–Crippen MR) is 42.2 cm³/mol. The second-order valence-electron chi connectivity index (χ2n) is 1.94. The van der Waals surface area contributed by atoms with Gasteiger partial charge >= 0.3 is 7.82 Å². The highest BCUT2D eigenvalue weighted by Crippen LogP contribution is 2.25. The monoisotopic (exact) mass is 194 g/mol. The number of phosphoric acid groups is 1. The van der Waals surface area contributed by atoms with Crippen LogP contribution in [0.3, 0.4) is 0 Å². The van der Waals surface area contributed by atoms with Crippen LogP contribution in [0.1, 0.15) is 12.6 Å². The summed E-state index contributed by atoms with van der Waals surface area (Å²) < 4.78 is 8.88. The molecule has 0 aliphatic carbocycles. The number of H-pyrrole nitrogens is 1. The van der Waals surface area contributed by atoms with E-state index in [4.69, 9.17) is 19.2 Å². The van der Waals surface area contributed by atoms with Gasteiger partial charge < -0.3 is 19.7 Å². The van der Waals surface area contributed by atoms with Crippen molar-refractivity contribution >= 4 is 7.82 Å². The third kappa shape index (κ3) is 9.32. The van der Waals surface area contributed by atoms with Gasteiger partial charge in [-0.3, -0.25) is 0 Å². The van der Waals surface area contributed by atoms with E-state index in [9.17, 15) is 0 Å². The van der Waals surface area contributed by atoms with Gasteiger partial charge in [-0.1, -0.05) is 6.92 Å². The van der Waals surface area contributed by atoms with Crippen LogP contribution in [0.25, 0.3) is 0 Å². The topological polar surface area (TPSA) is 106 Å². The number of aryl methyl sites for hydroxylation is 1. The van der Waals surface area contributed by atoms with E-state index in [1.165, 1.54) is 5.69 Å². The van der Waals surface area contributed by atoms with Gasteiger partial charge in [0, 0.05) is 11.9 Å². The summed E-state index contributed by atoms with van der Waals surface area (Å²) in [6.45, 7) is 2.09. The van der Waals surface area contributed by atoms with E-state index >= 15 is 0 Å². The molecule has 0 saturated heterocycles. The molecule has 0 amide bonds. The fourth-order valence-electron chi connectivity index (χ4n) is 0.478. The molecule has 0 spiro atoms. The lowest BCUT2D eigenvalue weighted by Gasteiger charge is -1.82. The zero-order valence-corrected chi connectivity index (χ0v) is 7.40. The lowest BCUT2D eigenvalue weighted by Crippen LogP contribution is -1.73. The van der Waals surface area contributed by atoms with Gasteiger partial charge in [0.1, 0.15) is 0 Å². The first kappa shape index (κ1) is 11.3. The summed E-state index contributed by atoms with van der Waals surface area (Å²) in [5.74, 6) is 0. The quantitative estimate of drug-likeness (QED) is 0.472. The summed E-state index contributed by atoms with van der Waals surface area (Å²) in [5, 5.41) is 0. The smallest absolute Gasteiger partial charge is 0.349 e. The van der Waals surface area contributed by atoms with Crippen LogP contribution in [0.4, 0.5) is 0 Å². The van der Waals surface area contributed by atoms with Crippen LogP contribution in [-0.4, -0.2) is 24.6 Å². The first-order chi connectivity index (χ1) is 5.43. The molecule has 0 unspecified atom stereocenters. The number of hydrogen-bond donors (Lipinski definition) is 4. The second kappa shape index (κ2) is 5.05. The van der Waals surface area contributed by atoms with Gasteiger partial charge in [-0.15, -0.1) is 0 Å². The standard InChI is InChI=1S/C5H8N2.H3O4P/c1-2-5-3-6-4-7-5;1-5(2,3)4/h3-4H,2H2,1H3,(H,6,7);(H3,1,2,3,4). The van der Waals surface area contributed by atoms with Gasteiger partial charge in [-0.2, -0.15) is 0 Å².